The lowest BCUT2D eigenvalue weighted by atomic mass is 10.2. The largest absolute Gasteiger partial charge is 0.494 e. The monoisotopic (exact) mass is 380 g/mol. The third-order valence-corrected chi connectivity index (χ3v) is 3.33. The smallest absolute Gasteiger partial charge is 0.296 e. The fourth-order valence-corrected chi connectivity index (χ4v) is 2.29. The highest BCUT2D eigenvalue weighted by molar-refractivity contribution is 5.94. The lowest BCUT2D eigenvalue weighted by molar-refractivity contribution is -0.384. The number of rotatable bonds is 6. The molecule has 10 heteroatoms. The molecule has 1 aromatic rings. The summed E-state index contributed by atoms with van der Waals surface area (Å²) >= 11 is 0. The molecule has 0 spiro atoms. The molecule has 1 heterocycles. The van der Waals surface area contributed by atoms with E-state index in [1.54, 1.807) is 13.0 Å². The van der Waals surface area contributed by atoms with Gasteiger partial charge < -0.3 is 15.4 Å². The van der Waals surface area contributed by atoms with Crippen molar-refractivity contribution in [1.82, 2.24) is 10.2 Å². The Kier molecular flexibility index (Phi) is 10.3. The van der Waals surface area contributed by atoms with E-state index in [0.29, 0.717) is 12.4 Å². The fourth-order valence-electron chi connectivity index (χ4n) is 2.29. The van der Waals surface area contributed by atoms with Crippen molar-refractivity contribution in [3.8, 4) is 5.75 Å². The Morgan fingerprint density at radius 3 is 2.62 bits per heavy atom. The molecule has 1 saturated heterocycles. The summed E-state index contributed by atoms with van der Waals surface area (Å²) in [5.74, 6) is 0.156. The normalized spacial score (nSPS) is 14.0. The zero-order chi connectivity index (χ0) is 15.9. The predicted molar refractivity (Wildman–Crippen MR) is 96.7 cm³/mol. The number of nitro groups is 1. The number of hydrogen-bond acceptors (Lipinski definition) is 6. The Hall–Kier alpha value is -1.61. The van der Waals surface area contributed by atoms with Gasteiger partial charge in [-0.05, 0) is 19.1 Å². The molecule has 1 amide bonds. The molecule has 8 nitrogen and oxygen atoms in total. The molecule has 2 N–H and O–H groups in total. The highest BCUT2D eigenvalue weighted by Crippen LogP contribution is 2.29. The zero-order valence-corrected chi connectivity index (χ0v) is 15.0. The minimum absolute atomic E-state index is 0. The van der Waals surface area contributed by atoms with Crippen LogP contribution in [0.15, 0.2) is 18.2 Å². The van der Waals surface area contributed by atoms with Crippen LogP contribution in [0.4, 0.5) is 11.4 Å². The zero-order valence-electron chi connectivity index (χ0n) is 13.3. The van der Waals surface area contributed by atoms with Crippen LogP contribution in [-0.4, -0.2) is 55.1 Å². The van der Waals surface area contributed by atoms with Gasteiger partial charge in [-0.2, -0.15) is 0 Å². The number of amides is 1. The molecule has 0 saturated carbocycles. The molecule has 0 radical (unpaired) electrons. The van der Waals surface area contributed by atoms with E-state index in [0.717, 1.165) is 26.2 Å². The molecule has 0 unspecified atom stereocenters. The van der Waals surface area contributed by atoms with Crippen molar-refractivity contribution < 1.29 is 14.5 Å². The van der Waals surface area contributed by atoms with Crippen molar-refractivity contribution >= 4 is 42.1 Å². The van der Waals surface area contributed by atoms with Gasteiger partial charge in [0.15, 0.2) is 0 Å². The second-order valence-corrected chi connectivity index (χ2v) is 4.94. The lowest BCUT2D eigenvalue weighted by Gasteiger charge is -2.26. The second kappa shape index (κ2) is 11.0. The van der Waals surface area contributed by atoms with Gasteiger partial charge in [-0.15, -0.1) is 24.8 Å². The van der Waals surface area contributed by atoms with Crippen molar-refractivity contribution in [2.75, 3.05) is 44.6 Å². The number of carbonyl (C=O) groups excluding carboxylic acids is 1. The topological polar surface area (TPSA) is 96.7 Å². The summed E-state index contributed by atoms with van der Waals surface area (Å²) in [4.78, 5) is 24.7. The Balaban J connectivity index is 0.00000264. The van der Waals surface area contributed by atoms with Crippen LogP contribution in [0, 0.1) is 10.1 Å². The number of nitrogens with zero attached hydrogens (tertiary/aromatic N) is 2. The maximum atomic E-state index is 12.0. The van der Waals surface area contributed by atoms with Gasteiger partial charge in [0.2, 0.25) is 5.91 Å². The number of carbonyl (C=O) groups is 1. The summed E-state index contributed by atoms with van der Waals surface area (Å²) in [7, 11) is 0. The van der Waals surface area contributed by atoms with Crippen molar-refractivity contribution in [1.29, 1.82) is 0 Å². The average Bonchev–Trinajstić information content (AvgIpc) is 2.49. The van der Waals surface area contributed by atoms with Crippen LogP contribution in [0.1, 0.15) is 6.92 Å². The standard InChI is InChI=1S/C14H20N4O4.2ClH/c1-2-22-11-3-4-12(13(9-11)18(20)21)16-14(19)10-17-7-5-15-6-8-17;;/h3-4,9,15H,2,5-8,10H2,1H3,(H,16,19);2*1H. The summed E-state index contributed by atoms with van der Waals surface area (Å²) in [6.07, 6.45) is 0. The van der Waals surface area contributed by atoms with E-state index in [4.69, 9.17) is 4.74 Å². The summed E-state index contributed by atoms with van der Waals surface area (Å²) in [6.45, 7) is 5.72. The Labute approximate surface area is 152 Å². The van der Waals surface area contributed by atoms with E-state index < -0.39 is 4.92 Å². The average molecular weight is 381 g/mol. The van der Waals surface area contributed by atoms with Gasteiger partial charge in [0.05, 0.1) is 24.1 Å². The quantitative estimate of drug-likeness (QED) is 0.575. The summed E-state index contributed by atoms with van der Waals surface area (Å²) in [5.41, 5.74) is 0.0215. The molecule has 1 aliphatic heterocycles. The highest BCUT2D eigenvalue weighted by Gasteiger charge is 2.19. The van der Waals surface area contributed by atoms with E-state index >= 15 is 0 Å². The molecular formula is C14H22Cl2N4O4. The number of ether oxygens (including phenoxy) is 1. The molecule has 0 atom stereocenters. The molecule has 136 valence electrons. The summed E-state index contributed by atoms with van der Waals surface area (Å²) in [5, 5.41) is 16.9. The van der Waals surface area contributed by atoms with Crippen molar-refractivity contribution in [3.05, 3.63) is 28.3 Å². The van der Waals surface area contributed by atoms with Gasteiger partial charge >= 0.3 is 0 Å². The van der Waals surface area contributed by atoms with Crippen LogP contribution in [-0.2, 0) is 4.79 Å². The fraction of sp³-hybridized carbons (Fsp3) is 0.500. The molecule has 0 bridgehead atoms. The lowest BCUT2D eigenvalue weighted by Crippen LogP contribution is -2.46. The van der Waals surface area contributed by atoms with Crippen LogP contribution in [0.2, 0.25) is 0 Å². The molecule has 1 aromatic carbocycles. The number of anilines is 1. The summed E-state index contributed by atoms with van der Waals surface area (Å²) < 4.78 is 5.25. The molecule has 1 fully saturated rings. The van der Waals surface area contributed by atoms with E-state index in [9.17, 15) is 14.9 Å². The molecular weight excluding hydrogens is 359 g/mol. The van der Waals surface area contributed by atoms with Gasteiger partial charge in [0.1, 0.15) is 11.4 Å². The van der Waals surface area contributed by atoms with E-state index in [-0.39, 0.29) is 48.6 Å². The van der Waals surface area contributed by atoms with E-state index in [1.165, 1.54) is 12.1 Å². The van der Waals surface area contributed by atoms with Crippen LogP contribution in [0.25, 0.3) is 0 Å². The molecule has 2 rings (SSSR count). The Morgan fingerprint density at radius 2 is 2.04 bits per heavy atom. The van der Waals surface area contributed by atoms with Crippen LogP contribution in [0.5, 0.6) is 5.75 Å². The second-order valence-electron chi connectivity index (χ2n) is 4.94. The minimum atomic E-state index is -0.525. The van der Waals surface area contributed by atoms with E-state index in [2.05, 4.69) is 10.6 Å². The van der Waals surface area contributed by atoms with Crippen molar-refractivity contribution in [2.24, 2.45) is 0 Å². The first kappa shape index (κ1) is 22.4. The van der Waals surface area contributed by atoms with Crippen molar-refractivity contribution in [3.63, 3.8) is 0 Å². The van der Waals surface area contributed by atoms with Gasteiger partial charge in [-0.3, -0.25) is 19.8 Å². The predicted octanol–water partition coefficient (Wildman–Crippen LogP) is 1.68. The number of piperazine rings is 1. The van der Waals surface area contributed by atoms with Gasteiger partial charge in [-0.1, -0.05) is 0 Å². The molecule has 0 aromatic heterocycles. The first-order valence-electron chi connectivity index (χ1n) is 7.24. The van der Waals surface area contributed by atoms with E-state index in [1.807, 2.05) is 4.90 Å². The molecule has 1 aliphatic rings. The van der Waals surface area contributed by atoms with Crippen LogP contribution < -0.4 is 15.4 Å². The first-order chi connectivity index (χ1) is 10.6. The minimum Gasteiger partial charge on any atom is -0.494 e. The number of benzene rings is 1. The van der Waals surface area contributed by atoms with Gasteiger partial charge in [0, 0.05) is 26.2 Å². The maximum absolute atomic E-state index is 12.0. The Morgan fingerprint density at radius 1 is 1.38 bits per heavy atom. The first-order valence-corrected chi connectivity index (χ1v) is 7.24. The number of halogens is 2. The molecule has 24 heavy (non-hydrogen) atoms. The number of nitro benzene ring substituents is 1. The highest BCUT2D eigenvalue weighted by atomic mass is 35.5. The van der Waals surface area contributed by atoms with Gasteiger partial charge in [-0.25, -0.2) is 0 Å². The van der Waals surface area contributed by atoms with Crippen molar-refractivity contribution in [2.45, 2.75) is 6.92 Å². The summed E-state index contributed by atoms with van der Waals surface area (Å²) in [6, 6.07) is 4.43. The third-order valence-electron chi connectivity index (χ3n) is 3.33. The SMILES string of the molecule is CCOc1ccc(NC(=O)CN2CCNCC2)c([N+](=O)[O-])c1.Cl.Cl. The number of hydrogen-bond donors (Lipinski definition) is 2. The number of nitrogens with one attached hydrogen (secondary N) is 2. The van der Waals surface area contributed by atoms with Crippen LogP contribution >= 0.6 is 24.8 Å². The third kappa shape index (κ3) is 6.48. The van der Waals surface area contributed by atoms with Crippen LogP contribution in [0.3, 0.4) is 0 Å². The Bertz CT molecular complexity index is 554. The maximum Gasteiger partial charge on any atom is 0.296 e. The molecule has 0 aliphatic carbocycles. The van der Waals surface area contributed by atoms with Gasteiger partial charge in [0.25, 0.3) is 5.69 Å².